The van der Waals surface area contributed by atoms with Crippen molar-refractivity contribution >= 4 is 5.91 Å². The predicted octanol–water partition coefficient (Wildman–Crippen LogP) is 1.65. The summed E-state index contributed by atoms with van der Waals surface area (Å²) >= 11 is 0. The molecule has 17 heavy (non-hydrogen) atoms. The SMILES string of the molecule is CC1(C)CNCCN1C(=O)c1ccc(F)cc1. The average molecular weight is 236 g/mol. The molecule has 1 fully saturated rings. The Bertz CT molecular complexity index is 414. The molecule has 1 saturated heterocycles. The molecule has 0 radical (unpaired) electrons. The van der Waals surface area contributed by atoms with Gasteiger partial charge in [0.1, 0.15) is 5.82 Å². The van der Waals surface area contributed by atoms with E-state index in [0.717, 1.165) is 13.1 Å². The van der Waals surface area contributed by atoms with E-state index in [1.165, 1.54) is 24.3 Å². The fourth-order valence-corrected chi connectivity index (χ4v) is 2.11. The molecule has 1 aromatic carbocycles. The number of piperazine rings is 1. The van der Waals surface area contributed by atoms with Crippen molar-refractivity contribution in [1.29, 1.82) is 0 Å². The molecule has 1 N–H and O–H groups in total. The van der Waals surface area contributed by atoms with Gasteiger partial charge in [0.2, 0.25) is 0 Å². The van der Waals surface area contributed by atoms with Gasteiger partial charge in [0, 0.05) is 25.2 Å². The van der Waals surface area contributed by atoms with Crippen LogP contribution in [0.15, 0.2) is 24.3 Å². The molecule has 1 amide bonds. The van der Waals surface area contributed by atoms with Crippen LogP contribution in [0.5, 0.6) is 0 Å². The summed E-state index contributed by atoms with van der Waals surface area (Å²) in [5, 5.41) is 3.27. The quantitative estimate of drug-likeness (QED) is 0.804. The molecule has 0 aromatic heterocycles. The highest BCUT2D eigenvalue weighted by molar-refractivity contribution is 5.94. The van der Waals surface area contributed by atoms with Gasteiger partial charge in [-0.15, -0.1) is 0 Å². The van der Waals surface area contributed by atoms with E-state index in [4.69, 9.17) is 0 Å². The van der Waals surface area contributed by atoms with Gasteiger partial charge in [-0.25, -0.2) is 4.39 Å². The Labute approximate surface area is 101 Å². The number of hydrogen-bond acceptors (Lipinski definition) is 2. The van der Waals surface area contributed by atoms with Crippen LogP contribution in [0.3, 0.4) is 0 Å². The van der Waals surface area contributed by atoms with Gasteiger partial charge in [-0.1, -0.05) is 0 Å². The van der Waals surface area contributed by atoms with E-state index in [1.54, 1.807) is 0 Å². The lowest BCUT2D eigenvalue weighted by Crippen LogP contribution is -2.59. The number of carbonyl (C=O) groups is 1. The van der Waals surface area contributed by atoms with Crippen LogP contribution in [0.2, 0.25) is 0 Å². The third-order valence-electron chi connectivity index (χ3n) is 3.14. The highest BCUT2D eigenvalue weighted by Crippen LogP contribution is 2.19. The Morgan fingerprint density at radius 1 is 1.35 bits per heavy atom. The number of amides is 1. The number of halogens is 1. The van der Waals surface area contributed by atoms with Gasteiger partial charge in [0.15, 0.2) is 0 Å². The Kier molecular flexibility index (Phi) is 3.15. The first-order valence-electron chi connectivity index (χ1n) is 5.79. The molecule has 0 spiro atoms. The van der Waals surface area contributed by atoms with Gasteiger partial charge in [0.25, 0.3) is 5.91 Å². The molecule has 92 valence electrons. The second-order valence-electron chi connectivity index (χ2n) is 4.95. The minimum atomic E-state index is -0.318. The second-order valence-corrected chi connectivity index (χ2v) is 4.95. The first-order valence-corrected chi connectivity index (χ1v) is 5.79. The van der Waals surface area contributed by atoms with E-state index in [-0.39, 0.29) is 17.3 Å². The van der Waals surface area contributed by atoms with E-state index >= 15 is 0 Å². The lowest BCUT2D eigenvalue weighted by atomic mass is 9.99. The first kappa shape index (κ1) is 12.0. The van der Waals surface area contributed by atoms with Crippen molar-refractivity contribution in [2.75, 3.05) is 19.6 Å². The van der Waals surface area contributed by atoms with Gasteiger partial charge in [0.05, 0.1) is 5.54 Å². The molecule has 1 aliphatic heterocycles. The van der Waals surface area contributed by atoms with Crippen molar-refractivity contribution in [3.63, 3.8) is 0 Å². The third kappa shape index (κ3) is 2.47. The van der Waals surface area contributed by atoms with Crippen LogP contribution in [0, 0.1) is 5.82 Å². The number of nitrogens with one attached hydrogen (secondary N) is 1. The first-order chi connectivity index (χ1) is 8.00. The maximum atomic E-state index is 12.8. The molecular formula is C13H17FN2O. The Balaban J connectivity index is 2.21. The Hall–Kier alpha value is -1.42. The normalized spacial score (nSPS) is 19.1. The Morgan fingerprint density at radius 3 is 2.59 bits per heavy atom. The highest BCUT2D eigenvalue weighted by Gasteiger charge is 2.33. The van der Waals surface area contributed by atoms with Crippen molar-refractivity contribution in [1.82, 2.24) is 10.2 Å². The second kappa shape index (κ2) is 4.45. The zero-order chi connectivity index (χ0) is 12.5. The van der Waals surface area contributed by atoms with Crippen LogP contribution in [0.1, 0.15) is 24.2 Å². The standard InChI is InChI=1S/C13H17FN2O/c1-13(2)9-15-7-8-16(13)12(17)10-3-5-11(14)6-4-10/h3-6,15H,7-9H2,1-2H3. The van der Waals surface area contributed by atoms with Crippen LogP contribution >= 0.6 is 0 Å². The molecule has 1 heterocycles. The molecule has 1 aromatic rings. The number of hydrogen-bond donors (Lipinski definition) is 1. The smallest absolute Gasteiger partial charge is 0.254 e. The Morgan fingerprint density at radius 2 is 2.00 bits per heavy atom. The van der Waals surface area contributed by atoms with Crippen molar-refractivity contribution in [3.05, 3.63) is 35.6 Å². The molecule has 0 saturated carbocycles. The fourth-order valence-electron chi connectivity index (χ4n) is 2.11. The van der Waals surface area contributed by atoms with Crippen LogP contribution in [0.25, 0.3) is 0 Å². The molecule has 3 nitrogen and oxygen atoms in total. The van der Waals surface area contributed by atoms with Gasteiger partial charge in [-0.2, -0.15) is 0 Å². The maximum absolute atomic E-state index is 12.8. The minimum Gasteiger partial charge on any atom is -0.331 e. The van der Waals surface area contributed by atoms with Crippen LogP contribution in [0.4, 0.5) is 4.39 Å². The van der Waals surface area contributed by atoms with Crippen molar-refractivity contribution < 1.29 is 9.18 Å². The largest absolute Gasteiger partial charge is 0.331 e. The van der Waals surface area contributed by atoms with E-state index < -0.39 is 0 Å². The lowest BCUT2D eigenvalue weighted by molar-refractivity contribution is 0.0477. The van der Waals surface area contributed by atoms with Gasteiger partial charge >= 0.3 is 0 Å². The summed E-state index contributed by atoms with van der Waals surface area (Å²) in [5.74, 6) is -0.349. The van der Waals surface area contributed by atoms with E-state index in [0.29, 0.717) is 12.1 Å². The van der Waals surface area contributed by atoms with Crippen molar-refractivity contribution in [3.8, 4) is 0 Å². The minimum absolute atomic E-state index is 0.0310. The molecule has 1 aliphatic rings. The molecule has 4 heteroatoms. The molecule has 2 rings (SSSR count). The van der Waals surface area contributed by atoms with Gasteiger partial charge < -0.3 is 10.2 Å². The summed E-state index contributed by atoms with van der Waals surface area (Å²) in [6, 6.07) is 5.72. The lowest BCUT2D eigenvalue weighted by Gasteiger charge is -2.42. The summed E-state index contributed by atoms with van der Waals surface area (Å²) in [6.07, 6.45) is 0. The average Bonchev–Trinajstić information content (AvgIpc) is 2.28. The van der Waals surface area contributed by atoms with Crippen molar-refractivity contribution in [2.24, 2.45) is 0 Å². The van der Waals surface area contributed by atoms with E-state index in [2.05, 4.69) is 5.32 Å². The van der Waals surface area contributed by atoms with Crippen LogP contribution in [-0.4, -0.2) is 36.0 Å². The third-order valence-corrected chi connectivity index (χ3v) is 3.14. The summed E-state index contributed by atoms with van der Waals surface area (Å²) in [4.78, 5) is 14.1. The van der Waals surface area contributed by atoms with Crippen LogP contribution < -0.4 is 5.32 Å². The zero-order valence-electron chi connectivity index (χ0n) is 10.2. The van der Waals surface area contributed by atoms with E-state index in [9.17, 15) is 9.18 Å². The molecule has 0 bridgehead atoms. The van der Waals surface area contributed by atoms with Crippen LogP contribution in [-0.2, 0) is 0 Å². The molecular weight excluding hydrogens is 219 g/mol. The molecule has 0 atom stereocenters. The number of benzene rings is 1. The molecule has 0 aliphatic carbocycles. The maximum Gasteiger partial charge on any atom is 0.254 e. The number of nitrogens with zero attached hydrogens (tertiary/aromatic N) is 1. The topological polar surface area (TPSA) is 32.3 Å². The van der Waals surface area contributed by atoms with Gasteiger partial charge in [-0.05, 0) is 38.1 Å². The van der Waals surface area contributed by atoms with Gasteiger partial charge in [-0.3, -0.25) is 4.79 Å². The monoisotopic (exact) mass is 236 g/mol. The summed E-state index contributed by atoms with van der Waals surface area (Å²) < 4.78 is 12.8. The van der Waals surface area contributed by atoms with Crippen molar-refractivity contribution in [2.45, 2.75) is 19.4 Å². The molecule has 0 unspecified atom stereocenters. The number of rotatable bonds is 1. The number of carbonyl (C=O) groups excluding carboxylic acids is 1. The predicted molar refractivity (Wildman–Crippen MR) is 64.4 cm³/mol. The fraction of sp³-hybridized carbons (Fsp3) is 0.462. The summed E-state index contributed by atoms with van der Waals surface area (Å²) in [7, 11) is 0. The summed E-state index contributed by atoms with van der Waals surface area (Å²) in [6.45, 7) is 6.32. The van der Waals surface area contributed by atoms with E-state index in [1.807, 2.05) is 18.7 Å². The summed E-state index contributed by atoms with van der Waals surface area (Å²) in [5.41, 5.74) is 0.338. The highest BCUT2D eigenvalue weighted by atomic mass is 19.1. The zero-order valence-corrected chi connectivity index (χ0v) is 10.2.